The molecular formula is C16H21NO. The lowest BCUT2D eigenvalue weighted by Gasteiger charge is -2.28. The molecule has 96 valence electrons. The highest BCUT2D eigenvalue weighted by molar-refractivity contribution is 5.88. The third-order valence-electron chi connectivity index (χ3n) is 4.49. The molecule has 2 nitrogen and oxygen atoms in total. The molecular weight excluding hydrogens is 222 g/mol. The molecule has 2 heteroatoms. The van der Waals surface area contributed by atoms with E-state index >= 15 is 0 Å². The first kappa shape index (κ1) is 11.8. The van der Waals surface area contributed by atoms with Crippen molar-refractivity contribution in [2.75, 3.05) is 11.4 Å². The minimum atomic E-state index is 0.0861. The van der Waals surface area contributed by atoms with E-state index in [0.717, 1.165) is 18.9 Å². The molecule has 1 saturated carbocycles. The number of hydrogen-bond acceptors (Lipinski definition) is 2. The lowest BCUT2D eigenvalue weighted by molar-refractivity contribution is -0.118. The van der Waals surface area contributed by atoms with Crippen molar-refractivity contribution in [1.82, 2.24) is 0 Å². The smallest absolute Gasteiger partial charge is 0.152 e. The molecule has 1 heterocycles. The summed E-state index contributed by atoms with van der Waals surface area (Å²) < 4.78 is 0. The number of hydrogen-bond donors (Lipinski definition) is 0. The molecule has 0 spiro atoms. The molecule has 0 saturated heterocycles. The van der Waals surface area contributed by atoms with E-state index in [0.29, 0.717) is 5.78 Å². The molecule has 3 rings (SSSR count). The summed E-state index contributed by atoms with van der Waals surface area (Å²) in [4.78, 5) is 14.2. The Morgan fingerprint density at radius 2 is 2.00 bits per heavy atom. The molecule has 18 heavy (non-hydrogen) atoms. The van der Waals surface area contributed by atoms with Crippen LogP contribution in [-0.4, -0.2) is 18.4 Å². The monoisotopic (exact) mass is 243 g/mol. The lowest BCUT2D eigenvalue weighted by atomic mass is 10.1. The highest BCUT2D eigenvalue weighted by atomic mass is 16.1. The molecule has 1 aliphatic carbocycles. The number of ketones is 1. The van der Waals surface area contributed by atoms with Crippen LogP contribution in [0.5, 0.6) is 0 Å². The van der Waals surface area contributed by atoms with Crippen molar-refractivity contribution >= 4 is 11.5 Å². The first-order valence-electron chi connectivity index (χ1n) is 7.10. The molecule has 1 unspecified atom stereocenters. The largest absolute Gasteiger partial charge is 0.361 e. The van der Waals surface area contributed by atoms with E-state index in [1.807, 2.05) is 0 Å². The number of carbonyl (C=O) groups excluding carboxylic acids is 1. The van der Waals surface area contributed by atoms with Gasteiger partial charge in [-0.05, 0) is 37.3 Å². The lowest BCUT2D eigenvalue weighted by Crippen LogP contribution is -2.40. The molecule has 1 aliphatic heterocycles. The van der Waals surface area contributed by atoms with Crippen molar-refractivity contribution in [3.63, 3.8) is 0 Å². The van der Waals surface area contributed by atoms with E-state index in [2.05, 4.69) is 29.2 Å². The Morgan fingerprint density at radius 3 is 2.72 bits per heavy atom. The van der Waals surface area contributed by atoms with Gasteiger partial charge in [0.2, 0.25) is 0 Å². The van der Waals surface area contributed by atoms with Crippen molar-refractivity contribution in [2.45, 2.75) is 45.1 Å². The molecule has 0 radical (unpaired) electrons. The van der Waals surface area contributed by atoms with Crippen LogP contribution in [0.4, 0.5) is 5.69 Å². The summed E-state index contributed by atoms with van der Waals surface area (Å²) in [6, 6.07) is 8.59. The maximum Gasteiger partial charge on any atom is 0.152 e. The molecule has 1 fully saturated rings. The molecule has 0 bridgehead atoms. The number of benzene rings is 1. The average molecular weight is 243 g/mol. The summed E-state index contributed by atoms with van der Waals surface area (Å²) in [5.74, 6) is 1.10. The summed E-state index contributed by atoms with van der Waals surface area (Å²) in [6.07, 6.45) is 6.31. The first-order chi connectivity index (χ1) is 8.75. The van der Waals surface area contributed by atoms with Gasteiger partial charge in [-0.1, -0.05) is 31.0 Å². The van der Waals surface area contributed by atoms with Gasteiger partial charge in [-0.15, -0.1) is 0 Å². The predicted molar refractivity (Wildman–Crippen MR) is 73.9 cm³/mol. The highest BCUT2D eigenvalue weighted by Crippen LogP contribution is 2.35. The van der Waals surface area contributed by atoms with Gasteiger partial charge in [-0.25, -0.2) is 0 Å². The second kappa shape index (κ2) is 4.75. The van der Waals surface area contributed by atoms with E-state index in [1.54, 1.807) is 6.92 Å². The zero-order valence-corrected chi connectivity index (χ0v) is 11.1. The predicted octanol–water partition coefficient (Wildman–Crippen LogP) is 3.20. The second-order valence-corrected chi connectivity index (χ2v) is 5.76. The quantitative estimate of drug-likeness (QED) is 0.812. The highest BCUT2D eigenvalue weighted by Gasteiger charge is 2.33. The van der Waals surface area contributed by atoms with Crippen molar-refractivity contribution in [1.29, 1.82) is 0 Å². The molecule has 1 atom stereocenters. The van der Waals surface area contributed by atoms with Crippen LogP contribution in [0.3, 0.4) is 0 Å². The van der Waals surface area contributed by atoms with Gasteiger partial charge in [-0.3, -0.25) is 4.79 Å². The summed E-state index contributed by atoms with van der Waals surface area (Å²) in [5.41, 5.74) is 2.64. The number of rotatable bonds is 3. The summed E-state index contributed by atoms with van der Waals surface area (Å²) in [5, 5.41) is 0. The van der Waals surface area contributed by atoms with E-state index in [9.17, 15) is 4.79 Å². The number of anilines is 1. The topological polar surface area (TPSA) is 20.3 Å². The van der Waals surface area contributed by atoms with Gasteiger partial charge in [0, 0.05) is 18.7 Å². The Hall–Kier alpha value is -1.31. The first-order valence-corrected chi connectivity index (χ1v) is 7.10. The van der Waals surface area contributed by atoms with Crippen molar-refractivity contribution in [3.05, 3.63) is 29.8 Å². The number of fused-ring (bicyclic) bond motifs is 1. The van der Waals surface area contributed by atoms with E-state index in [1.165, 1.54) is 36.9 Å². The summed E-state index contributed by atoms with van der Waals surface area (Å²) in [6.45, 7) is 2.81. The van der Waals surface area contributed by atoms with Crippen LogP contribution in [0.25, 0.3) is 0 Å². The van der Waals surface area contributed by atoms with Crippen molar-refractivity contribution in [2.24, 2.45) is 5.92 Å². The Labute approximate surface area is 109 Å². The van der Waals surface area contributed by atoms with Crippen molar-refractivity contribution in [3.8, 4) is 0 Å². The van der Waals surface area contributed by atoms with Crippen LogP contribution < -0.4 is 4.90 Å². The molecule has 0 aromatic heterocycles. The van der Waals surface area contributed by atoms with Gasteiger partial charge in [-0.2, -0.15) is 0 Å². The van der Waals surface area contributed by atoms with Crippen LogP contribution in [0, 0.1) is 5.92 Å². The second-order valence-electron chi connectivity index (χ2n) is 5.76. The molecule has 0 N–H and O–H groups in total. The Balaban J connectivity index is 1.85. The fourth-order valence-corrected chi connectivity index (χ4v) is 3.51. The van der Waals surface area contributed by atoms with E-state index in [4.69, 9.17) is 0 Å². The number of Topliss-reactive ketones (excluding diaryl/α,β-unsaturated/α-hetero) is 1. The average Bonchev–Trinajstić information content (AvgIpc) is 2.98. The third kappa shape index (κ3) is 2.05. The van der Waals surface area contributed by atoms with Gasteiger partial charge in [0.15, 0.2) is 5.78 Å². The Morgan fingerprint density at radius 1 is 1.28 bits per heavy atom. The number of para-hydroxylation sites is 1. The molecule has 2 aliphatic rings. The zero-order chi connectivity index (χ0) is 12.5. The van der Waals surface area contributed by atoms with E-state index in [-0.39, 0.29) is 6.04 Å². The Kier molecular flexibility index (Phi) is 3.11. The minimum absolute atomic E-state index is 0.0861. The van der Waals surface area contributed by atoms with Crippen LogP contribution in [0.15, 0.2) is 24.3 Å². The summed E-state index contributed by atoms with van der Waals surface area (Å²) in [7, 11) is 0. The van der Waals surface area contributed by atoms with Gasteiger partial charge in [0.25, 0.3) is 0 Å². The summed E-state index contributed by atoms with van der Waals surface area (Å²) >= 11 is 0. The maximum absolute atomic E-state index is 11.9. The van der Waals surface area contributed by atoms with E-state index < -0.39 is 0 Å². The van der Waals surface area contributed by atoms with Crippen LogP contribution in [-0.2, 0) is 11.2 Å². The third-order valence-corrected chi connectivity index (χ3v) is 4.49. The fraction of sp³-hybridized carbons (Fsp3) is 0.562. The SMILES string of the molecule is CC(=O)C1Cc2ccccc2N1CC1CCCC1. The number of nitrogens with zero attached hydrogens (tertiary/aromatic N) is 1. The molecule has 0 amide bonds. The van der Waals surface area contributed by atoms with Gasteiger partial charge in [0.1, 0.15) is 0 Å². The number of carbonyl (C=O) groups is 1. The maximum atomic E-state index is 11.9. The van der Waals surface area contributed by atoms with Gasteiger partial charge in [0.05, 0.1) is 6.04 Å². The minimum Gasteiger partial charge on any atom is -0.361 e. The normalized spacial score (nSPS) is 23.4. The zero-order valence-electron chi connectivity index (χ0n) is 11.1. The van der Waals surface area contributed by atoms with Crippen LogP contribution in [0.1, 0.15) is 38.2 Å². The van der Waals surface area contributed by atoms with Crippen LogP contribution >= 0.6 is 0 Å². The molecule has 1 aromatic rings. The standard InChI is InChI=1S/C16H21NO/c1-12(18)16-10-14-8-4-5-9-15(14)17(16)11-13-6-2-3-7-13/h4-5,8-9,13,16H,2-3,6-7,10-11H2,1H3. The van der Waals surface area contributed by atoms with Gasteiger partial charge < -0.3 is 4.90 Å². The van der Waals surface area contributed by atoms with Crippen LogP contribution in [0.2, 0.25) is 0 Å². The Bertz CT molecular complexity index is 448. The molecule has 1 aromatic carbocycles. The van der Waals surface area contributed by atoms with Crippen molar-refractivity contribution < 1.29 is 4.79 Å². The fourth-order valence-electron chi connectivity index (χ4n) is 3.51. The van der Waals surface area contributed by atoms with Gasteiger partial charge >= 0.3 is 0 Å².